The number of aryl methyl sites for hydroxylation is 3. The van der Waals surface area contributed by atoms with E-state index in [1.807, 2.05) is 30.3 Å². The number of rotatable bonds is 3. The van der Waals surface area contributed by atoms with Gasteiger partial charge >= 0.3 is 0 Å². The minimum absolute atomic E-state index is 0.146. The van der Waals surface area contributed by atoms with Gasteiger partial charge in [0.25, 0.3) is 5.91 Å². The zero-order valence-corrected chi connectivity index (χ0v) is 17.3. The van der Waals surface area contributed by atoms with E-state index in [0.717, 1.165) is 58.8 Å². The van der Waals surface area contributed by atoms with E-state index in [2.05, 4.69) is 51.0 Å². The van der Waals surface area contributed by atoms with Gasteiger partial charge in [0.1, 0.15) is 11.5 Å². The van der Waals surface area contributed by atoms with Crippen LogP contribution in [0.2, 0.25) is 0 Å². The molecule has 0 atom stereocenters. The second-order valence-electron chi connectivity index (χ2n) is 8.16. The summed E-state index contributed by atoms with van der Waals surface area (Å²) in [4.78, 5) is 16.0. The second-order valence-corrected chi connectivity index (χ2v) is 8.16. The molecule has 2 aromatic carbocycles. The molecule has 0 saturated heterocycles. The third-order valence-electron chi connectivity index (χ3n) is 5.84. The van der Waals surface area contributed by atoms with Crippen LogP contribution in [0.1, 0.15) is 46.7 Å². The summed E-state index contributed by atoms with van der Waals surface area (Å²) in [5.41, 5.74) is 5.66. The molecule has 0 radical (unpaired) electrons. The molecule has 2 N–H and O–H groups in total. The molecule has 30 heavy (non-hydrogen) atoms. The predicted molar refractivity (Wildman–Crippen MR) is 119 cm³/mol. The summed E-state index contributed by atoms with van der Waals surface area (Å²) in [5, 5.41) is 12.8. The Hall–Kier alpha value is -3.41. The number of fused-ring (bicyclic) bond motifs is 2. The monoisotopic (exact) mass is 399 g/mol. The van der Waals surface area contributed by atoms with E-state index in [4.69, 9.17) is 0 Å². The zero-order valence-electron chi connectivity index (χ0n) is 17.3. The molecule has 6 nitrogen and oxygen atoms in total. The molecule has 5 rings (SSSR count). The minimum atomic E-state index is -0.146. The molecule has 1 aliphatic rings. The molecule has 0 unspecified atom stereocenters. The van der Waals surface area contributed by atoms with Gasteiger partial charge in [0.15, 0.2) is 5.82 Å². The van der Waals surface area contributed by atoms with Gasteiger partial charge in [0, 0.05) is 35.1 Å². The molecule has 3 heterocycles. The van der Waals surface area contributed by atoms with Gasteiger partial charge in [-0.1, -0.05) is 12.5 Å². The lowest BCUT2D eigenvalue weighted by Gasteiger charge is -2.08. The maximum Gasteiger partial charge on any atom is 0.272 e. The van der Waals surface area contributed by atoms with Gasteiger partial charge in [-0.3, -0.25) is 4.79 Å². The van der Waals surface area contributed by atoms with Crippen LogP contribution in [0, 0.1) is 13.8 Å². The maximum absolute atomic E-state index is 12.8. The lowest BCUT2D eigenvalue weighted by Crippen LogP contribution is -2.12. The largest absolute Gasteiger partial charge is 0.351 e. The van der Waals surface area contributed by atoms with E-state index in [1.54, 1.807) is 0 Å². The molecule has 0 fully saturated rings. The Kier molecular flexibility index (Phi) is 4.62. The summed E-state index contributed by atoms with van der Waals surface area (Å²) in [6, 6.07) is 13.9. The number of H-pyrrole nitrogens is 1. The Morgan fingerprint density at radius 3 is 2.70 bits per heavy atom. The minimum Gasteiger partial charge on any atom is -0.351 e. The van der Waals surface area contributed by atoms with Crippen molar-refractivity contribution in [1.29, 1.82) is 0 Å². The third kappa shape index (κ3) is 3.38. The Balaban J connectivity index is 1.36. The van der Waals surface area contributed by atoms with Crippen molar-refractivity contribution < 1.29 is 4.79 Å². The Morgan fingerprint density at radius 2 is 1.87 bits per heavy atom. The van der Waals surface area contributed by atoms with Crippen LogP contribution in [-0.2, 0) is 13.0 Å². The molecule has 1 amide bonds. The molecule has 0 saturated carbocycles. The number of nitrogens with one attached hydrogen (secondary N) is 2. The number of carbonyl (C=O) groups excluding carboxylic acids is 1. The number of carbonyl (C=O) groups is 1. The summed E-state index contributed by atoms with van der Waals surface area (Å²) < 4.78 is 2.23. The zero-order chi connectivity index (χ0) is 20.7. The van der Waals surface area contributed by atoms with Gasteiger partial charge in [-0.15, -0.1) is 10.2 Å². The first-order chi connectivity index (χ1) is 14.6. The molecule has 2 aromatic heterocycles. The topological polar surface area (TPSA) is 75.6 Å². The summed E-state index contributed by atoms with van der Waals surface area (Å²) in [7, 11) is 0. The van der Waals surface area contributed by atoms with Crippen LogP contribution in [0.25, 0.3) is 22.3 Å². The van der Waals surface area contributed by atoms with Crippen molar-refractivity contribution >= 4 is 22.5 Å². The van der Waals surface area contributed by atoms with Gasteiger partial charge < -0.3 is 14.9 Å². The van der Waals surface area contributed by atoms with Crippen LogP contribution in [0.5, 0.6) is 0 Å². The van der Waals surface area contributed by atoms with Crippen molar-refractivity contribution in [1.82, 2.24) is 19.7 Å². The molecule has 0 aliphatic carbocycles. The van der Waals surface area contributed by atoms with E-state index in [9.17, 15) is 4.79 Å². The van der Waals surface area contributed by atoms with Crippen molar-refractivity contribution in [3.8, 4) is 11.4 Å². The summed E-state index contributed by atoms with van der Waals surface area (Å²) >= 11 is 0. The summed E-state index contributed by atoms with van der Waals surface area (Å²) in [6.45, 7) is 5.09. The Labute approximate surface area is 175 Å². The first kappa shape index (κ1) is 18.6. The van der Waals surface area contributed by atoms with E-state index >= 15 is 0 Å². The Bertz CT molecular complexity index is 1230. The standard InChI is InChI=1S/C24H25N5O/c1-15-12-16(2)19-14-21(26-20(19)13-15)24(30)25-18-9-7-17(8-10-18)23-28-27-22-6-4-3-5-11-29(22)23/h7-10,12-14,26H,3-6,11H2,1-2H3,(H,25,30). The molecule has 152 valence electrons. The van der Waals surface area contributed by atoms with E-state index < -0.39 is 0 Å². The van der Waals surface area contributed by atoms with E-state index in [0.29, 0.717) is 5.69 Å². The summed E-state index contributed by atoms with van der Waals surface area (Å²) in [6.07, 6.45) is 4.57. The van der Waals surface area contributed by atoms with Crippen LogP contribution in [0.3, 0.4) is 0 Å². The highest BCUT2D eigenvalue weighted by Gasteiger charge is 2.16. The van der Waals surface area contributed by atoms with Crippen LogP contribution >= 0.6 is 0 Å². The lowest BCUT2D eigenvalue weighted by molar-refractivity contribution is 0.102. The normalized spacial score (nSPS) is 13.8. The van der Waals surface area contributed by atoms with Gasteiger partial charge in [0.2, 0.25) is 0 Å². The molecular formula is C24H25N5O. The van der Waals surface area contributed by atoms with Crippen molar-refractivity contribution in [2.75, 3.05) is 5.32 Å². The highest BCUT2D eigenvalue weighted by Crippen LogP contribution is 2.25. The fourth-order valence-electron chi connectivity index (χ4n) is 4.32. The van der Waals surface area contributed by atoms with Crippen LogP contribution in [0.4, 0.5) is 5.69 Å². The molecule has 4 aromatic rings. The van der Waals surface area contributed by atoms with E-state index in [1.165, 1.54) is 18.4 Å². The van der Waals surface area contributed by atoms with Gasteiger partial charge in [-0.2, -0.15) is 0 Å². The highest BCUT2D eigenvalue weighted by atomic mass is 16.1. The molecule has 1 aliphatic heterocycles. The van der Waals surface area contributed by atoms with Crippen molar-refractivity contribution in [2.24, 2.45) is 0 Å². The fraction of sp³-hybridized carbons (Fsp3) is 0.292. The van der Waals surface area contributed by atoms with Crippen LogP contribution in [0.15, 0.2) is 42.5 Å². The first-order valence-corrected chi connectivity index (χ1v) is 10.5. The van der Waals surface area contributed by atoms with E-state index in [-0.39, 0.29) is 5.91 Å². The quantitative estimate of drug-likeness (QED) is 0.508. The average molecular weight is 399 g/mol. The molecular weight excluding hydrogens is 374 g/mol. The fourth-order valence-corrected chi connectivity index (χ4v) is 4.32. The number of aromatic amines is 1. The number of hydrogen-bond donors (Lipinski definition) is 2. The molecule has 0 bridgehead atoms. The number of aromatic nitrogens is 4. The van der Waals surface area contributed by atoms with Gasteiger partial charge in [-0.25, -0.2) is 0 Å². The van der Waals surface area contributed by atoms with Gasteiger partial charge in [-0.05, 0) is 74.2 Å². The van der Waals surface area contributed by atoms with Crippen molar-refractivity contribution in [2.45, 2.75) is 46.1 Å². The number of anilines is 1. The number of hydrogen-bond acceptors (Lipinski definition) is 3. The number of nitrogens with zero attached hydrogens (tertiary/aromatic N) is 3. The lowest BCUT2D eigenvalue weighted by atomic mass is 10.1. The van der Waals surface area contributed by atoms with Crippen molar-refractivity contribution in [3.05, 3.63) is 65.1 Å². The predicted octanol–water partition coefficient (Wildman–Crippen LogP) is 5.02. The smallest absolute Gasteiger partial charge is 0.272 e. The SMILES string of the molecule is Cc1cc(C)c2cc(C(=O)Nc3ccc(-c4nnc5n4CCCCC5)cc3)[nH]c2c1. The second kappa shape index (κ2) is 7.44. The first-order valence-electron chi connectivity index (χ1n) is 10.5. The third-order valence-corrected chi connectivity index (χ3v) is 5.84. The average Bonchev–Trinajstić information content (AvgIpc) is 3.26. The highest BCUT2D eigenvalue weighted by molar-refractivity contribution is 6.06. The van der Waals surface area contributed by atoms with Gasteiger partial charge in [0.05, 0.1) is 0 Å². The van der Waals surface area contributed by atoms with Crippen molar-refractivity contribution in [3.63, 3.8) is 0 Å². The number of amides is 1. The van der Waals surface area contributed by atoms with Crippen LogP contribution < -0.4 is 5.32 Å². The molecule has 0 spiro atoms. The molecule has 6 heteroatoms. The maximum atomic E-state index is 12.8. The number of benzene rings is 2. The summed E-state index contributed by atoms with van der Waals surface area (Å²) in [5.74, 6) is 1.84. The van der Waals surface area contributed by atoms with Crippen LogP contribution in [-0.4, -0.2) is 25.7 Å². The Morgan fingerprint density at radius 1 is 1.03 bits per heavy atom.